The summed E-state index contributed by atoms with van der Waals surface area (Å²) in [6, 6.07) is 22.4. The molecule has 3 amide bonds. The molecule has 1 fully saturated rings. The Morgan fingerprint density at radius 1 is 0.952 bits per heavy atom. The van der Waals surface area contributed by atoms with Crippen LogP contribution in [0.25, 0.3) is 11.8 Å². The first-order chi connectivity index (χ1) is 20.2. The lowest BCUT2D eigenvalue weighted by Gasteiger charge is -2.12. The summed E-state index contributed by atoms with van der Waals surface area (Å²) in [5.74, 6) is 0.0429. The van der Waals surface area contributed by atoms with Crippen LogP contribution in [0.5, 0.6) is 11.5 Å². The molecule has 8 nitrogen and oxygen atoms in total. The van der Waals surface area contributed by atoms with Crippen molar-refractivity contribution in [2.75, 3.05) is 19.0 Å². The number of carbonyl (C=O) groups excluding carboxylic acids is 3. The summed E-state index contributed by atoms with van der Waals surface area (Å²) in [6.07, 6.45) is 1.69. The van der Waals surface area contributed by atoms with E-state index in [0.29, 0.717) is 23.8 Å². The molecule has 3 aromatic carbocycles. The Morgan fingerprint density at radius 2 is 1.62 bits per heavy atom. The van der Waals surface area contributed by atoms with Gasteiger partial charge in [0, 0.05) is 22.8 Å². The number of halogens is 1. The Kier molecular flexibility index (Phi) is 8.44. The number of aryl methyl sites for hydroxylation is 1. The van der Waals surface area contributed by atoms with Gasteiger partial charge in [0.1, 0.15) is 30.5 Å². The molecule has 0 spiro atoms. The van der Waals surface area contributed by atoms with Crippen molar-refractivity contribution in [1.29, 1.82) is 0 Å². The summed E-state index contributed by atoms with van der Waals surface area (Å²) >= 11 is 0.811. The molecule has 0 unspecified atom stereocenters. The summed E-state index contributed by atoms with van der Waals surface area (Å²) in [7, 11) is 1.55. The highest BCUT2D eigenvalue weighted by Crippen LogP contribution is 2.34. The third-order valence-corrected chi connectivity index (χ3v) is 7.63. The van der Waals surface area contributed by atoms with Crippen molar-refractivity contribution in [3.63, 3.8) is 0 Å². The zero-order valence-corrected chi connectivity index (χ0v) is 24.0. The van der Waals surface area contributed by atoms with Gasteiger partial charge in [0.25, 0.3) is 11.1 Å². The van der Waals surface area contributed by atoms with Crippen molar-refractivity contribution >= 4 is 40.6 Å². The second-order valence-electron chi connectivity index (χ2n) is 9.62. The molecule has 0 aliphatic carbocycles. The van der Waals surface area contributed by atoms with E-state index < -0.39 is 17.1 Å². The molecule has 5 rings (SSSR count). The molecule has 2 heterocycles. The predicted molar refractivity (Wildman–Crippen MR) is 160 cm³/mol. The lowest BCUT2D eigenvalue weighted by Crippen LogP contribution is -2.36. The predicted octanol–water partition coefficient (Wildman–Crippen LogP) is 6.50. The first-order valence-corrected chi connectivity index (χ1v) is 13.9. The van der Waals surface area contributed by atoms with Gasteiger partial charge in [-0.15, -0.1) is 0 Å². The summed E-state index contributed by atoms with van der Waals surface area (Å²) in [5.41, 5.74) is 4.92. The van der Waals surface area contributed by atoms with Gasteiger partial charge in [0.05, 0.1) is 12.0 Å². The molecule has 1 aliphatic rings. The number of ether oxygens (including phenoxy) is 2. The number of rotatable bonds is 9. The number of hydrogen-bond acceptors (Lipinski definition) is 6. The highest BCUT2D eigenvalue weighted by molar-refractivity contribution is 8.18. The maximum atomic E-state index is 13.1. The molecule has 0 saturated carbocycles. The van der Waals surface area contributed by atoms with Crippen LogP contribution >= 0.6 is 11.8 Å². The first-order valence-electron chi connectivity index (χ1n) is 13.1. The van der Waals surface area contributed by atoms with Crippen LogP contribution in [-0.4, -0.2) is 40.2 Å². The van der Waals surface area contributed by atoms with Crippen molar-refractivity contribution in [1.82, 2.24) is 9.47 Å². The van der Waals surface area contributed by atoms with Gasteiger partial charge in [-0.3, -0.25) is 19.3 Å². The summed E-state index contributed by atoms with van der Waals surface area (Å²) in [6.45, 7) is 3.83. The number of methoxy groups -OCH3 is 1. The van der Waals surface area contributed by atoms with Crippen LogP contribution in [0.3, 0.4) is 0 Å². The Morgan fingerprint density at radius 3 is 2.29 bits per heavy atom. The van der Waals surface area contributed by atoms with E-state index in [1.807, 2.05) is 48.7 Å². The van der Waals surface area contributed by atoms with Crippen molar-refractivity contribution in [2.24, 2.45) is 0 Å². The average Bonchev–Trinajstić information content (AvgIpc) is 3.41. The van der Waals surface area contributed by atoms with Gasteiger partial charge < -0.3 is 19.4 Å². The second-order valence-corrected chi connectivity index (χ2v) is 10.6. The van der Waals surface area contributed by atoms with E-state index in [4.69, 9.17) is 9.47 Å². The smallest absolute Gasteiger partial charge is 0.294 e. The molecule has 1 aliphatic heterocycles. The number of aromatic nitrogens is 1. The zero-order chi connectivity index (χ0) is 29.8. The third kappa shape index (κ3) is 6.39. The summed E-state index contributed by atoms with van der Waals surface area (Å²) < 4.78 is 26.1. The standard InChI is InChI=1S/C32H28FN3O5S/c1-20-16-23(21(2)36(20)26-10-14-28(15-11-26)41-19-22-4-6-24(33)7-5-22)17-29-31(38)35(32(39)42-29)18-30(37)34-25-8-12-27(40-3)13-9-25/h4-17H,18-19H2,1-3H3,(H,34,37)/b29-17+. The largest absolute Gasteiger partial charge is 0.497 e. The fraction of sp³-hybridized carbons (Fsp3) is 0.156. The van der Waals surface area contributed by atoms with Crippen LogP contribution in [0.15, 0.2) is 83.8 Å². The van der Waals surface area contributed by atoms with Gasteiger partial charge in [-0.1, -0.05) is 12.1 Å². The van der Waals surface area contributed by atoms with Gasteiger partial charge in [-0.2, -0.15) is 0 Å². The molecule has 10 heteroatoms. The highest BCUT2D eigenvalue weighted by Gasteiger charge is 2.36. The Hall–Kier alpha value is -4.83. The van der Waals surface area contributed by atoms with E-state index in [2.05, 4.69) is 5.32 Å². The number of nitrogens with zero attached hydrogens (tertiary/aromatic N) is 2. The lowest BCUT2D eigenvalue weighted by molar-refractivity contribution is -0.127. The van der Waals surface area contributed by atoms with Crippen LogP contribution in [0.2, 0.25) is 0 Å². The molecule has 0 atom stereocenters. The van der Waals surface area contributed by atoms with E-state index in [0.717, 1.165) is 44.9 Å². The number of anilines is 1. The van der Waals surface area contributed by atoms with Crippen LogP contribution in [-0.2, 0) is 16.2 Å². The number of nitrogens with one attached hydrogen (secondary N) is 1. The molecule has 0 bridgehead atoms. The molecule has 42 heavy (non-hydrogen) atoms. The van der Waals surface area contributed by atoms with Crippen LogP contribution < -0.4 is 14.8 Å². The number of thioether (sulfide) groups is 1. The number of benzene rings is 3. The molecular weight excluding hydrogens is 557 g/mol. The molecule has 1 saturated heterocycles. The van der Waals surface area contributed by atoms with Crippen LogP contribution in [0.1, 0.15) is 22.5 Å². The number of carbonyl (C=O) groups is 3. The van der Waals surface area contributed by atoms with Gasteiger partial charge in [0.2, 0.25) is 5.91 Å². The van der Waals surface area contributed by atoms with E-state index in [9.17, 15) is 18.8 Å². The van der Waals surface area contributed by atoms with Gasteiger partial charge >= 0.3 is 0 Å². The maximum absolute atomic E-state index is 13.1. The van der Waals surface area contributed by atoms with Crippen LogP contribution in [0, 0.1) is 19.7 Å². The monoisotopic (exact) mass is 585 g/mol. The molecular formula is C32H28FN3O5S. The minimum absolute atomic E-state index is 0.252. The Bertz CT molecular complexity index is 1660. The highest BCUT2D eigenvalue weighted by atomic mass is 32.2. The lowest BCUT2D eigenvalue weighted by atomic mass is 10.2. The molecule has 4 aromatic rings. The third-order valence-electron chi connectivity index (χ3n) is 6.72. The zero-order valence-electron chi connectivity index (χ0n) is 23.2. The average molecular weight is 586 g/mol. The van der Waals surface area contributed by atoms with Crippen molar-refractivity contribution in [3.05, 3.63) is 112 Å². The molecule has 0 radical (unpaired) electrons. The minimum Gasteiger partial charge on any atom is -0.497 e. The quantitative estimate of drug-likeness (QED) is 0.226. The van der Waals surface area contributed by atoms with Crippen molar-refractivity contribution in [3.8, 4) is 17.2 Å². The minimum atomic E-state index is -0.512. The van der Waals surface area contributed by atoms with Crippen LogP contribution in [0.4, 0.5) is 14.9 Å². The summed E-state index contributed by atoms with van der Waals surface area (Å²) in [4.78, 5) is 39.4. The second kappa shape index (κ2) is 12.4. The first kappa shape index (κ1) is 28.7. The van der Waals surface area contributed by atoms with E-state index in [1.54, 1.807) is 49.6 Å². The molecule has 214 valence electrons. The Balaban J connectivity index is 1.25. The van der Waals surface area contributed by atoms with Crippen molar-refractivity contribution < 1.29 is 28.2 Å². The fourth-order valence-corrected chi connectivity index (χ4v) is 5.39. The maximum Gasteiger partial charge on any atom is 0.294 e. The topological polar surface area (TPSA) is 89.9 Å². The number of imide groups is 1. The Labute approximate surface area is 246 Å². The van der Waals surface area contributed by atoms with E-state index in [-0.39, 0.29) is 17.3 Å². The van der Waals surface area contributed by atoms with Gasteiger partial charge in [0.15, 0.2) is 0 Å². The normalized spacial score (nSPS) is 14.0. The SMILES string of the molecule is COc1ccc(NC(=O)CN2C(=O)S/C(=C/c3cc(C)n(-c4ccc(OCc5ccc(F)cc5)cc4)c3C)C2=O)cc1. The number of amides is 3. The molecule has 1 aromatic heterocycles. The van der Waals surface area contributed by atoms with Crippen molar-refractivity contribution in [2.45, 2.75) is 20.5 Å². The van der Waals surface area contributed by atoms with E-state index >= 15 is 0 Å². The fourth-order valence-electron chi connectivity index (χ4n) is 4.57. The molecule has 1 N–H and O–H groups in total. The van der Waals surface area contributed by atoms with E-state index in [1.165, 1.54) is 12.1 Å². The van der Waals surface area contributed by atoms with Gasteiger partial charge in [-0.05, 0) is 110 Å². The van der Waals surface area contributed by atoms with Gasteiger partial charge in [-0.25, -0.2) is 4.39 Å². The summed E-state index contributed by atoms with van der Waals surface area (Å²) in [5, 5.41) is 2.19. The number of hydrogen-bond donors (Lipinski definition) is 1.